The maximum atomic E-state index is 13.1. The summed E-state index contributed by atoms with van der Waals surface area (Å²) < 4.78 is 24.6. The van der Waals surface area contributed by atoms with E-state index in [2.05, 4.69) is 27.0 Å². The first kappa shape index (κ1) is 23.0. The van der Waals surface area contributed by atoms with Crippen LogP contribution in [0.3, 0.4) is 0 Å². The van der Waals surface area contributed by atoms with Crippen molar-refractivity contribution in [3.63, 3.8) is 0 Å². The number of aliphatic hydroxyl groups excluding tert-OH is 1. The van der Waals surface area contributed by atoms with Gasteiger partial charge in [0.15, 0.2) is 11.3 Å². The van der Waals surface area contributed by atoms with E-state index in [1.165, 1.54) is 12.2 Å². The van der Waals surface area contributed by atoms with Crippen molar-refractivity contribution in [2.45, 2.75) is 50.8 Å². The van der Waals surface area contributed by atoms with Crippen molar-refractivity contribution in [2.24, 2.45) is 10.1 Å². The molecular weight excluding hydrogens is 450 g/mol. The third-order valence-corrected chi connectivity index (χ3v) is 6.86. The smallest absolute Gasteiger partial charge is 0.275 e. The number of carbonyl (C=O) groups excluding carboxylic acids is 1. The lowest BCUT2D eigenvalue weighted by atomic mass is 9.79. The molecule has 1 aliphatic carbocycles. The van der Waals surface area contributed by atoms with Crippen LogP contribution in [-0.2, 0) is 20.4 Å². The van der Waals surface area contributed by atoms with E-state index >= 15 is 0 Å². The lowest BCUT2D eigenvalue weighted by molar-refractivity contribution is -0.228. The number of hydrogen-bond acceptors (Lipinski definition) is 9. The highest BCUT2D eigenvalue weighted by Gasteiger charge is 2.51. The highest BCUT2D eigenvalue weighted by Crippen LogP contribution is 2.45. The maximum Gasteiger partial charge on any atom is 0.275 e. The number of hydrogen-bond donors (Lipinski definition) is 4. The summed E-state index contributed by atoms with van der Waals surface area (Å²) in [7, 11) is -4.00. The van der Waals surface area contributed by atoms with Crippen molar-refractivity contribution >= 4 is 39.6 Å². The van der Waals surface area contributed by atoms with Gasteiger partial charge in [0.25, 0.3) is 15.9 Å². The molecule has 13 heteroatoms. The molecule has 1 unspecified atom stereocenters. The Balaban J connectivity index is 1.77. The number of nitrogens with zero attached hydrogens (tertiary/aromatic N) is 5. The number of primary sulfonamides is 1. The summed E-state index contributed by atoms with van der Waals surface area (Å²) in [6.45, 7) is 4.86. The molecule has 1 saturated carbocycles. The van der Waals surface area contributed by atoms with Crippen molar-refractivity contribution in [1.82, 2.24) is 19.6 Å². The van der Waals surface area contributed by atoms with Gasteiger partial charge in [-0.2, -0.15) is 10.0 Å². The second kappa shape index (κ2) is 8.33. The standard InChI is InChI=1S/C20H25N7O5S/c1-12(6-7-15(22-2)33(21,31)32)24-19-23-11-13-10-14-17(28)27(30)18(29)20(8-4-3-5-9-20)26(14)16(13)25-19/h6-7,10-11,17,28,30H,2-5,8-9H2,1H3,(H2,21,31,32)(H,23,24,25)/b12-6+,15-7+. The van der Waals surface area contributed by atoms with Crippen LogP contribution in [0.5, 0.6) is 0 Å². The highest BCUT2D eigenvalue weighted by molar-refractivity contribution is 7.93. The van der Waals surface area contributed by atoms with E-state index in [9.17, 15) is 23.5 Å². The molecule has 176 valence electrons. The van der Waals surface area contributed by atoms with Crippen LogP contribution in [0.2, 0.25) is 0 Å². The summed E-state index contributed by atoms with van der Waals surface area (Å²) in [5.74, 6) is -0.352. The number of hydroxylamine groups is 2. The number of aromatic nitrogens is 3. The van der Waals surface area contributed by atoms with Crippen LogP contribution in [-0.4, -0.2) is 51.0 Å². The fourth-order valence-corrected chi connectivity index (χ4v) is 4.92. The van der Waals surface area contributed by atoms with E-state index in [-0.39, 0.29) is 11.0 Å². The second-order valence-electron chi connectivity index (χ2n) is 8.18. The molecule has 0 bridgehead atoms. The fourth-order valence-electron chi connectivity index (χ4n) is 4.48. The van der Waals surface area contributed by atoms with Gasteiger partial charge in [-0.3, -0.25) is 15.0 Å². The maximum absolute atomic E-state index is 13.1. The van der Waals surface area contributed by atoms with Gasteiger partial charge in [0.2, 0.25) is 5.95 Å². The third-order valence-electron chi connectivity index (χ3n) is 6.01. The van der Waals surface area contributed by atoms with Crippen LogP contribution >= 0.6 is 0 Å². The van der Waals surface area contributed by atoms with E-state index < -0.39 is 27.7 Å². The normalized spacial score (nSPS) is 21.4. The highest BCUT2D eigenvalue weighted by atomic mass is 32.2. The molecule has 2 aromatic heterocycles. The molecule has 1 aliphatic heterocycles. The molecule has 4 rings (SSSR count). The van der Waals surface area contributed by atoms with E-state index in [1.54, 1.807) is 23.8 Å². The fraction of sp³-hybridized carbons (Fsp3) is 0.400. The number of sulfonamides is 1. The van der Waals surface area contributed by atoms with Gasteiger partial charge in [0.05, 0.1) is 5.69 Å². The Bertz CT molecular complexity index is 1290. The average molecular weight is 476 g/mol. The molecule has 3 heterocycles. The Labute approximate surface area is 190 Å². The van der Waals surface area contributed by atoms with Crippen molar-refractivity contribution in [3.05, 3.63) is 40.8 Å². The Morgan fingerprint density at radius 1 is 1.36 bits per heavy atom. The van der Waals surface area contributed by atoms with E-state index in [1.807, 2.05) is 0 Å². The number of fused-ring (bicyclic) bond motifs is 4. The lowest BCUT2D eigenvalue weighted by Gasteiger charge is -2.45. The average Bonchev–Trinajstić information content (AvgIpc) is 3.16. The molecule has 1 spiro atoms. The van der Waals surface area contributed by atoms with Crippen molar-refractivity contribution in [1.29, 1.82) is 0 Å². The number of aliphatic hydroxyl groups is 1. The minimum Gasteiger partial charge on any atom is -0.366 e. The molecule has 33 heavy (non-hydrogen) atoms. The van der Waals surface area contributed by atoms with Crippen LogP contribution in [0.4, 0.5) is 5.95 Å². The summed E-state index contributed by atoms with van der Waals surface area (Å²) in [6, 6.07) is 1.66. The van der Waals surface area contributed by atoms with Crippen LogP contribution in [0, 0.1) is 0 Å². The number of aliphatic imine (C=N–C) groups is 1. The summed E-state index contributed by atoms with van der Waals surface area (Å²) in [5, 5.41) is 29.5. The van der Waals surface area contributed by atoms with Crippen LogP contribution in [0.25, 0.3) is 11.0 Å². The van der Waals surface area contributed by atoms with Crippen molar-refractivity contribution in [3.8, 4) is 0 Å². The Hall–Kier alpha value is -3.13. The van der Waals surface area contributed by atoms with Crippen molar-refractivity contribution in [2.75, 3.05) is 5.32 Å². The largest absolute Gasteiger partial charge is 0.366 e. The van der Waals surface area contributed by atoms with Gasteiger partial charge in [-0.05, 0) is 44.7 Å². The monoisotopic (exact) mass is 475 g/mol. The predicted molar refractivity (Wildman–Crippen MR) is 120 cm³/mol. The molecule has 0 aromatic carbocycles. The molecule has 2 aromatic rings. The number of allylic oxidation sites excluding steroid dienone is 3. The Kier molecular flexibility index (Phi) is 5.82. The van der Waals surface area contributed by atoms with Crippen LogP contribution < -0.4 is 10.5 Å². The number of carbonyl (C=O) groups is 1. The predicted octanol–water partition coefficient (Wildman–Crippen LogP) is 1.46. The van der Waals surface area contributed by atoms with Crippen LogP contribution in [0.1, 0.15) is 50.9 Å². The topological polar surface area (TPSA) is 176 Å². The van der Waals surface area contributed by atoms with Gasteiger partial charge in [-0.15, -0.1) is 0 Å². The van der Waals surface area contributed by atoms with Gasteiger partial charge in [-0.25, -0.2) is 18.5 Å². The number of nitrogens with two attached hydrogens (primary N) is 1. The van der Waals surface area contributed by atoms with E-state index in [0.717, 1.165) is 19.3 Å². The zero-order chi connectivity index (χ0) is 24.0. The molecule has 5 N–H and O–H groups in total. The molecule has 1 amide bonds. The Morgan fingerprint density at radius 3 is 2.70 bits per heavy atom. The molecule has 0 saturated heterocycles. The second-order valence-corrected chi connectivity index (χ2v) is 9.68. The van der Waals surface area contributed by atoms with Gasteiger partial charge >= 0.3 is 0 Å². The van der Waals surface area contributed by atoms with Gasteiger partial charge in [0, 0.05) is 17.3 Å². The summed E-state index contributed by atoms with van der Waals surface area (Å²) in [4.78, 5) is 25.3. The van der Waals surface area contributed by atoms with Gasteiger partial charge < -0.3 is 15.0 Å². The molecule has 12 nitrogen and oxygen atoms in total. The number of rotatable bonds is 5. The number of nitrogens with one attached hydrogen (secondary N) is 1. The first-order valence-electron chi connectivity index (χ1n) is 10.3. The van der Waals surface area contributed by atoms with E-state index in [0.29, 0.717) is 40.3 Å². The number of anilines is 1. The SMILES string of the molecule is C=N/C(=C\C=C(/C)Nc1ncc2cc3n(c2n1)C1(CCCCC1)C(=O)N(O)C3O)S(N)(=O)=O. The zero-order valence-electron chi connectivity index (χ0n) is 18.0. The molecule has 2 aliphatic rings. The zero-order valence-corrected chi connectivity index (χ0v) is 18.8. The summed E-state index contributed by atoms with van der Waals surface area (Å²) in [5.41, 5.74) is 0.286. The first-order valence-corrected chi connectivity index (χ1v) is 11.9. The van der Waals surface area contributed by atoms with Gasteiger partial charge in [-0.1, -0.05) is 19.3 Å². The quantitative estimate of drug-likeness (QED) is 0.285. The summed E-state index contributed by atoms with van der Waals surface area (Å²) in [6.07, 6.45) is 6.32. The van der Waals surface area contributed by atoms with E-state index in [4.69, 9.17) is 5.14 Å². The lowest BCUT2D eigenvalue weighted by Crippen LogP contribution is -2.56. The van der Waals surface area contributed by atoms with Gasteiger partial charge in [0.1, 0.15) is 11.2 Å². The molecule has 1 atom stereocenters. The minimum atomic E-state index is -4.00. The summed E-state index contributed by atoms with van der Waals surface area (Å²) >= 11 is 0. The first-order chi connectivity index (χ1) is 15.6. The third kappa shape index (κ3) is 3.93. The number of amides is 1. The molecular formula is C20H25N7O5S. The minimum absolute atomic E-state index is 0.202. The molecule has 1 fully saturated rings. The molecule has 0 radical (unpaired) electrons. The Morgan fingerprint density at radius 2 is 2.06 bits per heavy atom. The van der Waals surface area contributed by atoms with Crippen LogP contribution in [0.15, 0.2) is 40.1 Å². The van der Waals surface area contributed by atoms with Crippen molar-refractivity contribution < 1.29 is 23.5 Å².